The van der Waals surface area contributed by atoms with E-state index in [4.69, 9.17) is 15.1 Å². The molecule has 0 fully saturated rings. The van der Waals surface area contributed by atoms with Crippen LogP contribution in [-0.4, -0.2) is 32.6 Å². The molecule has 0 saturated carbocycles. The highest BCUT2D eigenvalue weighted by atomic mass is 32.2. The maximum absolute atomic E-state index is 11.8. The third-order valence-electron chi connectivity index (χ3n) is 2.25. The summed E-state index contributed by atoms with van der Waals surface area (Å²) in [4.78, 5) is 10.4. The molecule has 0 heterocycles. The zero-order valence-corrected chi connectivity index (χ0v) is 11.4. The molecule has 1 aromatic rings. The molecule has 0 aliphatic rings. The number of nitrogens with zero attached hydrogens (tertiary/aromatic N) is 1. The van der Waals surface area contributed by atoms with Crippen LogP contribution in [-0.2, 0) is 14.8 Å². The Labute approximate surface area is 116 Å². The summed E-state index contributed by atoms with van der Waals surface area (Å²) in [6.07, 6.45) is 0.722. The van der Waals surface area contributed by atoms with Crippen molar-refractivity contribution in [2.45, 2.75) is 17.7 Å². The molecule has 0 amide bonds. The topological polar surface area (TPSA) is 116 Å². The first kappa shape index (κ1) is 15.9. The lowest BCUT2D eigenvalue weighted by atomic mass is 10.3. The van der Waals surface area contributed by atoms with Gasteiger partial charge in [-0.2, -0.15) is 5.26 Å². The number of carbonyl (C=O) groups is 1. The summed E-state index contributed by atoms with van der Waals surface area (Å²) in [7, 11) is -3.62. The molecule has 0 spiro atoms. The van der Waals surface area contributed by atoms with Gasteiger partial charge in [0.1, 0.15) is 5.75 Å². The van der Waals surface area contributed by atoms with Crippen LogP contribution in [0.25, 0.3) is 0 Å². The fourth-order valence-corrected chi connectivity index (χ4v) is 2.39. The van der Waals surface area contributed by atoms with Crippen LogP contribution in [0.3, 0.4) is 0 Å². The van der Waals surface area contributed by atoms with E-state index in [1.165, 1.54) is 24.3 Å². The molecule has 0 unspecified atom stereocenters. The van der Waals surface area contributed by atoms with E-state index in [-0.39, 0.29) is 23.6 Å². The summed E-state index contributed by atoms with van der Waals surface area (Å²) < 4.78 is 31.0. The lowest BCUT2D eigenvalue weighted by molar-refractivity contribution is -0.139. The quantitative estimate of drug-likeness (QED) is 0.683. The van der Waals surface area contributed by atoms with E-state index in [2.05, 4.69) is 4.72 Å². The van der Waals surface area contributed by atoms with Crippen LogP contribution in [0.15, 0.2) is 29.2 Å². The van der Waals surface area contributed by atoms with Gasteiger partial charge < -0.3 is 9.84 Å². The summed E-state index contributed by atoms with van der Waals surface area (Å²) in [5.74, 6) is -0.836. The largest absolute Gasteiger partial charge is 0.482 e. The van der Waals surface area contributed by atoms with Gasteiger partial charge in [0.05, 0.1) is 11.0 Å². The fourth-order valence-electron chi connectivity index (χ4n) is 1.32. The third kappa shape index (κ3) is 5.26. The zero-order chi connectivity index (χ0) is 15.0. The average Bonchev–Trinajstić information content (AvgIpc) is 2.42. The number of rotatable bonds is 8. The highest BCUT2D eigenvalue weighted by molar-refractivity contribution is 7.89. The highest BCUT2D eigenvalue weighted by Crippen LogP contribution is 2.15. The molecule has 20 heavy (non-hydrogen) atoms. The second kappa shape index (κ2) is 7.47. The van der Waals surface area contributed by atoms with Gasteiger partial charge in [-0.1, -0.05) is 0 Å². The smallest absolute Gasteiger partial charge is 0.341 e. The highest BCUT2D eigenvalue weighted by Gasteiger charge is 2.13. The van der Waals surface area contributed by atoms with Gasteiger partial charge in [0.25, 0.3) is 0 Å². The second-order valence-electron chi connectivity index (χ2n) is 3.81. The Morgan fingerprint density at radius 2 is 2.00 bits per heavy atom. The van der Waals surface area contributed by atoms with Crippen molar-refractivity contribution in [1.82, 2.24) is 4.72 Å². The van der Waals surface area contributed by atoms with Crippen molar-refractivity contribution in [2.24, 2.45) is 0 Å². The number of ether oxygens (including phenoxy) is 1. The minimum Gasteiger partial charge on any atom is -0.482 e. The molecule has 0 bridgehead atoms. The Bertz CT molecular complexity index is 589. The van der Waals surface area contributed by atoms with E-state index < -0.39 is 22.6 Å². The first-order valence-corrected chi connectivity index (χ1v) is 7.25. The maximum atomic E-state index is 11.8. The van der Waals surface area contributed by atoms with Crippen LogP contribution in [0.5, 0.6) is 5.75 Å². The molecule has 1 aromatic carbocycles. The molecule has 7 nitrogen and oxygen atoms in total. The third-order valence-corrected chi connectivity index (χ3v) is 3.73. The molecule has 0 aromatic heterocycles. The van der Waals surface area contributed by atoms with Crippen LogP contribution in [0.4, 0.5) is 0 Å². The van der Waals surface area contributed by atoms with Gasteiger partial charge in [-0.3, -0.25) is 0 Å². The number of hydrogen-bond acceptors (Lipinski definition) is 5. The fraction of sp³-hybridized carbons (Fsp3) is 0.333. The minimum absolute atomic E-state index is 0.0529. The van der Waals surface area contributed by atoms with Crippen molar-refractivity contribution in [1.29, 1.82) is 5.26 Å². The monoisotopic (exact) mass is 298 g/mol. The molecule has 8 heteroatoms. The normalized spacial score (nSPS) is 10.8. The first-order valence-electron chi connectivity index (χ1n) is 5.77. The van der Waals surface area contributed by atoms with E-state index in [0.29, 0.717) is 6.42 Å². The predicted octanol–water partition coefficient (Wildman–Crippen LogP) is 0.732. The van der Waals surface area contributed by atoms with Gasteiger partial charge in [0, 0.05) is 13.0 Å². The van der Waals surface area contributed by atoms with E-state index >= 15 is 0 Å². The number of carboxylic acids is 1. The summed E-state index contributed by atoms with van der Waals surface area (Å²) in [6.45, 7) is -0.300. The van der Waals surface area contributed by atoms with Gasteiger partial charge in [-0.25, -0.2) is 17.9 Å². The molecule has 1 rings (SSSR count). The van der Waals surface area contributed by atoms with Crippen molar-refractivity contribution in [2.75, 3.05) is 13.2 Å². The van der Waals surface area contributed by atoms with Crippen molar-refractivity contribution in [3.8, 4) is 11.8 Å². The van der Waals surface area contributed by atoms with E-state index in [0.717, 1.165) is 0 Å². The maximum Gasteiger partial charge on any atom is 0.341 e. The van der Waals surface area contributed by atoms with Gasteiger partial charge in [0.2, 0.25) is 10.0 Å². The van der Waals surface area contributed by atoms with Crippen molar-refractivity contribution >= 4 is 16.0 Å². The van der Waals surface area contributed by atoms with Crippen LogP contribution < -0.4 is 9.46 Å². The molecule has 0 aliphatic carbocycles. The number of hydrogen-bond donors (Lipinski definition) is 2. The Morgan fingerprint density at radius 3 is 2.55 bits per heavy atom. The number of nitriles is 1. The molecule has 0 radical (unpaired) electrons. The number of benzene rings is 1. The minimum atomic E-state index is -3.62. The molecular formula is C12H14N2O5S. The Kier molecular flexibility index (Phi) is 5.96. The van der Waals surface area contributed by atoms with Crippen molar-refractivity contribution in [3.63, 3.8) is 0 Å². The van der Waals surface area contributed by atoms with Gasteiger partial charge in [0.15, 0.2) is 6.61 Å². The average molecular weight is 298 g/mol. The summed E-state index contributed by atoms with van der Waals surface area (Å²) in [5, 5.41) is 16.8. The summed E-state index contributed by atoms with van der Waals surface area (Å²) in [5.41, 5.74) is 0. The summed E-state index contributed by atoms with van der Waals surface area (Å²) >= 11 is 0. The van der Waals surface area contributed by atoms with Crippen molar-refractivity contribution < 1.29 is 23.1 Å². The van der Waals surface area contributed by atoms with E-state index in [1.54, 1.807) is 0 Å². The molecule has 0 saturated heterocycles. The number of unbranched alkanes of at least 4 members (excludes halogenated alkanes) is 1. The number of aliphatic carboxylic acids is 1. The predicted molar refractivity (Wildman–Crippen MR) is 69.6 cm³/mol. The SMILES string of the molecule is N#CCCCNS(=O)(=O)c1ccc(OCC(=O)O)cc1. The van der Waals surface area contributed by atoms with Gasteiger partial charge >= 0.3 is 5.97 Å². The second-order valence-corrected chi connectivity index (χ2v) is 5.58. The molecular weight excluding hydrogens is 284 g/mol. The molecule has 108 valence electrons. The Balaban J connectivity index is 2.62. The standard InChI is InChI=1S/C12H14N2O5S/c13-7-1-2-8-14-20(17,18)11-5-3-10(4-6-11)19-9-12(15)16/h3-6,14H,1-2,8-9H2,(H,15,16). The van der Waals surface area contributed by atoms with Crippen LogP contribution in [0, 0.1) is 11.3 Å². The number of carboxylic acid groups (broad SMARTS) is 1. The van der Waals surface area contributed by atoms with Crippen LogP contribution in [0.1, 0.15) is 12.8 Å². The molecule has 2 N–H and O–H groups in total. The van der Waals surface area contributed by atoms with Gasteiger partial charge in [-0.15, -0.1) is 0 Å². The lowest BCUT2D eigenvalue weighted by Crippen LogP contribution is -2.24. The van der Waals surface area contributed by atoms with Crippen LogP contribution >= 0.6 is 0 Å². The molecule has 0 atom stereocenters. The van der Waals surface area contributed by atoms with Crippen molar-refractivity contribution in [3.05, 3.63) is 24.3 Å². The van der Waals surface area contributed by atoms with E-state index in [1.807, 2.05) is 6.07 Å². The Morgan fingerprint density at radius 1 is 1.35 bits per heavy atom. The van der Waals surface area contributed by atoms with Gasteiger partial charge in [-0.05, 0) is 30.7 Å². The Hall–Kier alpha value is -2.11. The van der Waals surface area contributed by atoms with E-state index in [9.17, 15) is 13.2 Å². The zero-order valence-electron chi connectivity index (χ0n) is 10.6. The summed E-state index contributed by atoms with van der Waals surface area (Å²) in [6, 6.07) is 7.33. The molecule has 0 aliphatic heterocycles. The lowest BCUT2D eigenvalue weighted by Gasteiger charge is -2.07. The first-order chi connectivity index (χ1) is 9.45. The van der Waals surface area contributed by atoms with Crippen LogP contribution in [0.2, 0.25) is 0 Å². The number of sulfonamides is 1. The number of nitrogens with one attached hydrogen (secondary N) is 1.